The molecule has 224 valence electrons. The van der Waals surface area contributed by atoms with E-state index in [9.17, 15) is 8.96 Å². The fourth-order valence-electron chi connectivity index (χ4n) is 4.32. The minimum Gasteiger partial charge on any atom is -0.379 e. The molecule has 2 N–H and O–H groups in total. The van der Waals surface area contributed by atoms with E-state index in [1.165, 1.54) is 89.5 Å². The first-order chi connectivity index (χ1) is 18.8. The van der Waals surface area contributed by atoms with Gasteiger partial charge in [0.25, 0.3) is 0 Å². The Hall–Kier alpha value is -1.04. The second kappa shape index (κ2) is 22.6. The van der Waals surface area contributed by atoms with E-state index >= 15 is 0 Å². The lowest BCUT2D eigenvalue weighted by Crippen LogP contribution is -2.25. The maximum Gasteiger partial charge on any atom is 0.469 e. The molecule has 39 heavy (non-hydrogen) atoms. The second-order valence-corrected chi connectivity index (χ2v) is 11.8. The van der Waals surface area contributed by atoms with E-state index in [2.05, 4.69) is 11.4 Å². The van der Waals surface area contributed by atoms with Crippen LogP contribution in [0.3, 0.4) is 0 Å². The quantitative estimate of drug-likeness (QED) is 0.0865. The molecule has 0 heterocycles. The third-order valence-electron chi connectivity index (χ3n) is 6.57. The van der Waals surface area contributed by atoms with E-state index < -0.39 is 19.7 Å². The first-order valence-corrected chi connectivity index (χ1v) is 16.4. The van der Waals surface area contributed by atoms with Crippen molar-refractivity contribution in [3.63, 3.8) is 0 Å². The summed E-state index contributed by atoms with van der Waals surface area (Å²) in [6, 6.07) is 4.38. The van der Waals surface area contributed by atoms with E-state index in [1.807, 2.05) is 6.07 Å². The van der Waals surface area contributed by atoms with E-state index in [0.29, 0.717) is 12.2 Å². The molecule has 0 aromatic heterocycles. The van der Waals surface area contributed by atoms with Crippen molar-refractivity contribution in [1.29, 1.82) is 5.26 Å². The van der Waals surface area contributed by atoms with Gasteiger partial charge in [-0.2, -0.15) is 5.26 Å². The Morgan fingerprint density at radius 2 is 1.41 bits per heavy atom. The number of hydrogen-bond donors (Lipinski definition) is 2. The lowest BCUT2D eigenvalue weighted by atomic mass is 10.0. The summed E-state index contributed by atoms with van der Waals surface area (Å²) in [7, 11) is -4.68. The summed E-state index contributed by atoms with van der Waals surface area (Å²) in [5.74, 6) is -0.739. The number of rotatable bonds is 25. The van der Waals surface area contributed by atoms with Crippen LogP contribution in [0.5, 0.6) is 0 Å². The zero-order chi connectivity index (χ0) is 28.8. The molecule has 0 saturated carbocycles. The SMILES string of the molecule is CCCCCCCCCCCCCCCCCCOC[C@H](COP(=O)(O)O)OCc1cc(F)c(Cl)c(C#N)c1. The van der Waals surface area contributed by atoms with Crippen LogP contribution < -0.4 is 0 Å². The normalized spacial score (nSPS) is 12.5. The minimum absolute atomic E-state index is 0.0157. The van der Waals surface area contributed by atoms with Gasteiger partial charge in [-0.05, 0) is 24.1 Å². The number of ether oxygens (including phenoxy) is 2. The van der Waals surface area contributed by atoms with Crippen LogP contribution in [-0.4, -0.2) is 35.7 Å². The zero-order valence-electron chi connectivity index (χ0n) is 23.6. The zero-order valence-corrected chi connectivity index (χ0v) is 25.2. The first-order valence-electron chi connectivity index (χ1n) is 14.5. The Kier molecular flexibility index (Phi) is 20.9. The lowest BCUT2D eigenvalue weighted by molar-refractivity contribution is -0.0493. The van der Waals surface area contributed by atoms with Gasteiger partial charge in [0.1, 0.15) is 18.0 Å². The van der Waals surface area contributed by atoms with Crippen molar-refractivity contribution in [2.75, 3.05) is 19.8 Å². The van der Waals surface area contributed by atoms with Crippen LogP contribution in [0.4, 0.5) is 4.39 Å². The summed E-state index contributed by atoms with van der Waals surface area (Å²) < 4.78 is 40.9. The Bertz CT molecular complexity index is 863. The Balaban J connectivity index is 2.13. The maximum atomic E-state index is 13.9. The van der Waals surface area contributed by atoms with Crippen LogP contribution in [0.25, 0.3) is 0 Å². The molecule has 0 spiro atoms. The average molecular weight is 592 g/mol. The second-order valence-electron chi connectivity index (χ2n) is 10.1. The van der Waals surface area contributed by atoms with Gasteiger partial charge in [0, 0.05) is 6.61 Å². The van der Waals surface area contributed by atoms with Crippen molar-refractivity contribution in [3.8, 4) is 6.07 Å². The largest absolute Gasteiger partial charge is 0.469 e. The number of nitriles is 1. The van der Waals surface area contributed by atoms with Gasteiger partial charge < -0.3 is 19.3 Å². The van der Waals surface area contributed by atoms with Gasteiger partial charge in [0.15, 0.2) is 0 Å². The van der Waals surface area contributed by atoms with Gasteiger partial charge in [-0.1, -0.05) is 115 Å². The predicted octanol–water partition coefficient (Wildman–Crippen LogP) is 8.62. The third kappa shape index (κ3) is 19.6. The molecule has 1 rings (SSSR count). The van der Waals surface area contributed by atoms with E-state index in [0.717, 1.165) is 25.3 Å². The summed E-state index contributed by atoms with van der Waals surface area (Å²) in [4.78, 5) is 18.0. The van der Waals surface area contributed by atoms with Crippen LogP contribution in [0.2, 0.25) is 5.02 Å². The predicted molar refractivity (Wildman–Crippen MR) is 153 cm³/mol. The molecule has 0 amide bonds. The fourth-order valence-corrected chi connectivity index (χ4v) is 4.83. The molecular formula is C29H48ClFNO6P. The van der Waals surface area contributed by atoms with Crippen molar-refractivity contribution >= 4 is 19.4 Å². The molecule has 0 aliphatic carbocycles. The topological polar surface area (TPSA) is 109 Å². The van der Waals surface area contributed by atoms with E-state index in [1.54, 1.807) is 0 Å². The maximum absolute atomic E-state index is 13.9. The van der Waals surface area contributed by atoms with Crippen LogP contribution in [-0.2, 0) is 25.2 Å². The number of phosphoric acid groups is 1. The summed E-state index contributed by atoms with van der Waals surface area (Å²) >= 11 is 5.75. The average Bonchev–Trinajstić information content (AvgIpc) is 2.90. The van der Waals surface area contributed by atoms with Crippen molar-refractivity contribution < 1.29 is 32.7 Å². The summed E-state index contributed by atoms with van der Waals surface area (Å²) in [6.45, 7) is 2.35. The van der Waals surface area contributed by atoms with Gasteiger partial charge in [-0.25, -0.2) is 8.96 Å². The van der Waals surface area contributed by atoms with E-state index in [4.69, 9.17) is 36.1 Å². The lowest BCUT2D eigenvalue weighted by Gasteiger charge is -2.19. The molecule has 0 aliphatic rings. The van der Waals surface area contributed by atoms with Gasteiger partial charge in [-0.3, -0.25) is 4.52 Å². The highest BCUT2D eigenvalue weighted by Gasteiger charge is 2.20. The number of benzene rings is 1. The van der Waals surface area contributed by atoms with Gasteiger partial charge >= 0.3 is 7.82 Å². The van der Waals surface area contributed by atoms with E-state index in [-0.39, 0.29) is 30.4 Å². The number of unbranched alkanes of at least 4 members (excludes halogenated alkanes) is 15. The number of phosphoric ester groups is 1. The Morgan fingerprint density at radius 3 is 1.90 bits per heavy atom. The molecular weight excluding hydrogens is 544 g/mol. The molecule has 10 heteroatoms. The molecule has 1 aromatic carbocycles. The molecule has 1 aromatic rings. The molecule has 0 aliphatic heterocycles. The van der Waals surface area contributed by atoms with Crippen LogP contribution >= 0.6 is 19.4 Å². The summed E-state index contributed by atoms with van der Waals surface area (Å²) in [5.41, 5.74) is 0.352. The molecule has 0 bridgehead atoms. The summed E-state index contributed by atoms with van der Waals surface area (Å²) in [5, 5.41) is 8.81. The molecule has 0 fully saturated rings. The molecule has 1 atom stereocenters. The van der Waals surface area contributed by atoms with Gasteiger partial charge in [0.05, 0.1) is 30.4 Å². The molecule has 7 nitrogen and oxygen atoms in total. The third-order valence-corrected chi connectivity index (χ3v) is 7.44. The highest BCUT2D eigenvalue weighted by molar-refractivity contribution is 7.46. The fraction of sp³-hybridized carbons (Fsp3) is 0.759. The van der Waals surface area contributed by atoms with Gasteiger partial charge in [0.2, 0.25) is 0 Å². The molecule has 0 saturated heterocycles. The monoisotopic (exact) mass is 591 g/mol. The highest BCUT2D eigenvalue weighted by atomic mass is 35.5. The Morgan fingerprint density at radius 1 is 0.897 bits per heavy atom. The van der Waals surface area contributed by atoms with Crippen LogP contribution in [0, 0.1) is 17.1 Å². The minimum atomic E-state index is -4.68. The van der Waals surface area contributed by atoms with Crippen LogP contribution in [0.15, 0.2) is 12.1 Å². The molecule has 0 unspecified atom stereocenters. The van der Waals surface area contributed by atoms with Gasteiger partial charge in [-0.15, -0.1) is 0 Å². The van der Waals surface area contributed by atoms with Crippen LogP contribution in [0.1, 0.15) is 121 Å². The van der Waals surface area contributed by atoms with Crippen molar-refractivity contribution in [3.05, 3.63) is 34.1 Å². The van der Waals surface area contributed by atoms with Crippen molar-refractivity contribution in [1.82, 2.24) is 0 Å². The molecule has 0 radical (unpaired) electrons. The highest BCUT2D eigenvalue weighted by Crippen LogP contribution is 2.36. The standard InChI is InChI=1S/C29H48ClFNO6P/c1-2-3-4-5-6-7-8-9-10-11-12-13-14-15-16-17-18-36-23-27(24-38-39(33,34)35)37-22-25-19-26(21-32)29(30)28(31)20-25/h19-20,27H,2-18,22-24H2,1H3,(H2,33,34,35)/t27-/m1/s1. The number of hydrogen-bond acceptors (Lipinski definition) is 5. The first kappa shape index (κ1) is 36.0. The van der Waals surface area contributed by atoms with Crippen molar-refractivity contribution in [2.24, 2.45) is 0 Å². The Labute approximate surface area is 239 Å². The number of halogens is 2. The smallest absolute Gasteiger partial charge is 0.379 e. The number of nitrogens with zero attached hydrogens (tertiary/aromatic N) is 1. The summed E-state index contributed by atoms with van der Waals surface area (Å²) in [6.07, 6.45) is 19.8. The van der Waals surface area contributed by atoms with Crippen molar-refractivity contribution in [2.45, 2.75) is 122 Å².